The molecule has 0 saturated heterocycles. The molecule has 1 amide bonds. The average Bonchev–Trinajstić information content (AvgIpc) is 2.65. The van der Waals surface area contributed by atoms with Crippen LogP contribution in [-0.4, -0.2) is 22.4 Å². The number of rotatable bonds is 6. The Morgan fingerprint density at radius 1 is 0.920 bits per heavy atom. The van der Waals surface area contributed by atoms with E-state index in [-0.39, 0.29) is 5.91 Å². The molecule has 126 valence electrons. The topological polar surface area (TPSA) is 54.9 Å². The molecule has 25 heavy (non-hydrogen) atoms. The highest BCUT2D eigenvalue weighted by Gasteiger charge is 2.04. The Labute approximate surface area is 151 Å². The third-order valence-corrected chi connectivity index (χ3v) is 4.00. The fourth-order valence-electron chi connectivity index (χ4n) is 2.42. The van der Waals surface area contributed by atoms with Gasteiger partial charge in [-0.2, -0.15) is 0 Å². The van der Waals surface area contributed by atoms with E-state index >= 15 is 0 Å². The smallest absolute Gasteiger partial charge is 0.224 e. The first kappa shape index (κ1) is 17.1. The molecule has 3 rings (SSSR count). The number of carbonyl (C=O) groups excluding carboxylic acids is 1. The summed E-state index contributed by atoms with van der Waals surface area (Å²) in [7, 11) is 0. The van der Waals surface area contributed by atoms with Crippen LogP contribution in [0.25, 0.3) is 11.4 Å². The zero-order valence-corrected chi connectivity index (χ0v) is 14.4. The standard InChI is InChI=1S/C20H18ClN3O/c21-18-8-6-15(7-9-18)12-19(25)22-11-10-16-13-23-20(24-14-16)17-4-2-1-3-5-17/h1-9,13-14H,10-12H2,(H,22,25). The van der Waals surface area contributed by atoms with Gasteiger partial charge < -0.3 is 5.32 Å². The number of amides is 1. The molecule has 0 radical (unpaired) electrons. The molecule has 1 N–H and O–H groups in total. The van der Waals surface area contributed by atoms with Crippen LogP contribution in [-0.2, 0) is 17.6 Å². The molecular weight excluding hydrogens is 334 g/mol. The number of nitrogens with one attached hydrogen (secondary N) is 1. The van der Waals surface area contributed by atoms with Crippen molar-refractivity contribution in [3.63, 3.8) is 0 Å². The molecule has 1 heterocycles. The van der Waals surface area contributed by atoms with Crippen molar-refractivity contribution in [2.45, 2.75) is 12.8 Å². The first-order valence-electron chi connectivity index (χ1n) is 8.08. The Morgan fingerprint density at radius 2 is 1.60 bits per heavy atom. The molecule has 0 unspecified atom stereocenters. The molecule has 3 aromatic rings. The van der Waals surface area contributed by atoms with Gasteiger partial charge in [0.25, 0.3) is 0 Å². The van der Waals surface area contributed by atoms with Crippen molar-refractivity contribution in [2.75, 3.05) is 6.54 Å². The van der Waals surface area contributed by atoms with Crippen LogP contribution in [0.1, 0.15) is 11.1 Å². The van der Waals surface area contributed by atoms with Gasteiger partial charge in [-0.3, -0.25) is 4.79 Å². The Morgan fingerprint density at radius 3 is 2.28 bits per heavy atom. The van der Waals surface area contributed by atoms with Crippen LogP contribution in [0.5, 0.6) is 0 Å². The van der Waals surface area contributed by atoms with Gasteiger partial charge in [0.15, 0.2) is 5.82 Å². The third-order valence-electron chi connectivity index (χ3n) is 3.75. The van der Waals surface area contributed by atoms with Crippen LogP contribution in [0.15, 0.2) is 67.0 Å². The van der Waals surface area contributed by atoms with E-state index in [1.807, 2.05) is 42.5 Å². The number of hydrogen-bond donors (Lipinski definition) is 1. The minimum absolute atomic E-state index is 0.0100. The summed E-state index contributed by atoms with van der Waals surface area (Å²) in [4.78, 5) is 20.7. The van der Waals surface area contributed by atoms with Crippen molar-refractivity contribution in [1.82, 2.24) is 15.3 Å². The van der Waals surface area contributed by atoms with Gasteiger partial charge in [-0.25, -0.2) is 9.97 Å². The normalized spacial score (nSPS) is 10.4. The van der Waals surface area contributed by atoms with Crippen molar-refractivity contribution in [2.24, 2.45) is 0 Å². The van der Waals surface area contributed by atoms with Crippen LogP contribution in [0.2, 0.25) is 5.02 Å². The molecule has 4 nitrogen and oxygen atoms in total. The van der Waals surface area contributed by atoms with Gasteiger partial charge >= 0.3 is 0 Å². The minimum Gasteiger partial charge on any atom is -0.355 e. The fourth-order valence-corrected chi connectivity index (χ4v) is 2.54. The number of carbonyl (C=O) groups is 1. The number of benzene rings is 2. The van der Waals surface area contributed by atoms with Crippen LogP contribution in [0, 0.1) is 0 Å². The number of nitrogens with zero attached hydrogens (tertiary/aromatic N) is 2. The van der Waals surface area contributed by atoms with E-state index in [4.69, 9.17) is 11.6 Å². The van der Waals surface area contributed by atoms with Crippen molar-refractivity contribution in [1.29, 1.82) is 0 Å². The average molecular weight is 352 g/mol. The maximum absolute atomic E-state index is 12.0. The second-order valence-electron chi connectivity index (χ2n) is 5.68. The maximum atomic E-state index is 12.0. The van der Waals surface area contributed by atoms with E-state index in [0.717, 1.165) is 16.7 Å². The van der Waals surface area contributed by atoms with Gasteiger partial charge in [0.1, 0.15) is 0 Å². The summed E-state index contributed by atoms with van der Waals surface area (Å²) >= 11 is 5.84. The molecule has 1 aromatic heterocycles. The lowest BCUT2D eigenvalue weighted by atomic mass is 10.1. The maximum Gasteiger partial charge on any atom is 0.224 e. The predicted octanol–water partition coefficient (Wildman–Crippen LogP) is 3.70. The van der Waals surface area contributed by atoms with E-state index < -0.39 is 0 Å². The van der Waals surface area contributed by atoms with E-state index in [9.17, 15) is 4.79 Å². The molecule has 5 heteroatoms. The van der Waals surface area contributed by atoms with Crippen molar-refractivity contribution < 1.29 is 4.79 Å². The van der Waals surface area contributed by atoms with Crippen LogP contribution < -0.4 is 5.32 Å². The summed E-state index contributed by atoms with van der Waals surface area (Å²) in [6.07, 6.45) is 4.66. The SMILES string of the molecule is O=C(Cc1ccc(Cl)cc1)NCCc1cnc(-c2ccccc2)nc1. The summed E-state index contributed by atoms with van der Waals surface area (Å²) in [6.45, 7) is 0.556. The molecule has 0 bridgehead atoms. The Kier molecular flexibility index (Phi) is 5.75. The van der Waals surface area contributed by atoms with Gasteiger partial charge in [-0.1, -0.05) is 54.1 Å². The monoisotopic (exact) mass is 351 g/mol. The van der Waals surface area contributed by atoms with Gasteiger partial charge in [-0.15, -0.1) is 0 Å². The molecule has 0 atom stereocenters. The quantitative estimate of drug-likeness (QED) is 0.736. The van der Waals surface area contributed by atoms with Gasteiger partial charge in [0.2, 0.25) is 5.91 Å². The summed E-state index contributed by atoms with van der Waals surface area (Å²) in [5.41, 5.74) is 2.93. The Hall–Kier alpha value is -2.72. The Balaban J connectivity index is 1.47. The molecular formula is C20H18ClN3O. The van der Waals surface area contributed by atoms with Crippen LogP contribution in [0.3, 0.4) is 0 Å². The first-order valence-corrected chi connectivity index (χ1v) is 8.46. The molecule has 0 aliphatic heterocycles. The molecule has 0 spiro atoms. The Bertz CT molecular complexity index is 818. The van der Waals surface area contributed by atoms with Gasteiger partial charge in [-0.05, 0) is 29.7 Å². The van der Waals surface area contributed by atoms with Crippen molar-refractivity contribution in [3.8, 4) is 11.4 Å². The lowest BCUT2D eigenvalue weighted by Crippen LogP contribution is -2.27. The van der Waals surface area contributed by atoms with Crippen molar-refractivity contribution in [3.05, 3.63) is 83.1 Å². The molecule has 0 aliphatic rings. The molecule has 0 aliphatic carbocycles. The lowest BCUT2D eigenvalue weighted by molar-refractivity contribution is -0.120. The molecule has 0 fully saturated rings. The zero-order valence-electron chi connectivity index (χ0n) is 13.7. The molecule has 2 aromatic carbocycles. The lowest BCUT2D eigenvalue weighted by Gasteiger charge is -2.06. The highest BCUT2D eigenvalue weighted by Crippen LogP contribution is 2.13. The first-order chi connectivity index (χ1) is 12.2. The second-order valence-corrected chi connectivity index (χ2v) is 6.12. The number of aromatic nitrogens is 2. The van der Waals surface area contributed by atoms with E-state index in [1.54, 1.807) is 24.5 Å². The van der Waals surface area contributed by atoms with Crippen LogP contribution >= 0.6 is 11.6 Å². The summed E-state index contributed by atoms with van der Waals surface area (Å²) in [5, 5.41) is 3.58. The number of halogens is 1. The fraction of sp³-hybridized carbons (Fsp3) is 0.150. The largest absolute Gasteiger partial charge is 0.355 e. The van der Waals surface area contributed by atoms with Gasteiger partial charge in [0.05, 0.1) is 6.42 Å². The number of hydrogen-bond acceptors (Lipinski definition) is 3. The van der Waals surface area contributed by atoms with Crippen LogP contribution in [0.4, 0.5) is 0 Å². The summed E-state index contributed by atoms with van der Waals surface area (Å²) < 4.78 is 0. The van der Waals surface area contributed by atoms with E-state index in [0.29, 0.717) is 30.2 Å². The van der Waals surface area contributed by atoms with E-state index in [2.05, 4.69) is 15.3 Å². The minimum atomic E-state index is -0.0100. The van der Waals surface area contributed by atoms with Gasteiger partial charge in [0, 0.05) is 29.5 Å². The summed E-state index contributed by atoms with van der Waals surface area (Å²) in [5.74, 6) is 0.695. The zero-order chi connectivity index (χ0) is 17.5. The highest BCUT2D eigenvalue weighted by atomic mass is 35.5. The third kappa shape index (κ3) is 5.13. The predicted molar refractivity (Wildman–Crippen MR) is 99.3 cm³/mol. The molecule has 0 saturated carbocycles. The van der Waals surface area contributed by atoms with E-state index in [1.165, 1.54) is 0 Å². The summed E-state index contributed by atoms with van der Waals surface area (Å²) in [6, 6.07) is 17.1. The van der Waals surface area contributed by atoms with Crippen molar-refractivity contribution >= 4 is 17.5 Å². The highest BCUT2D eigenvalue weighted by molar-refractivity contribution is 6.30. The second kappa shape index (κ2) is 8.40.